The Balaban J connectivity index is 2.04. The van der Waals surface area contributed by atoms with Gasteiger partial charge in [0.25, 0.3) is 0 Å². The summed E-state index contributed by atoms with van der Waals surface area (Å²) in [6.45, 7) is 14.2. The van der Waals surface area contributed by atoms with Gasteiger partial charge < -0.3 is 15.0 Å². The number of nitrogens with one attached hydrogen (secondary N) is 1. The lowest BCUT2D eigenvalue weighted by molar-refractivity contribution is 0.0337. The second kappa shape index (κ2) is 7.18. The third-order valence-electron chi connectivity index (χ3n) is 3.80. The van der Waals surface area contributed by atoms with Gasteiger partial charge in [0.15, 0.2) is 0 Å². The molecule has 0 amide bonds. The molecule has 0 radical (unpaired) electrons. The van der Waals surface area contributed by atoms with Gasteiger partial charge in [0.05, 0.1) is 18.8 Å². The van der Waals surface area contributed by atoms with E-state index in [1.165, 1.54) is 5.56 Å². The summed E-state index contributed by atoms with van der Waals surface area (Å²) in [5.41, 5.74) is 2.23. The molecule has 0 aliphatic carbocycles. The normalized spacial score (nSPS) is 22.9. The molecule has 0 bridgehead atoms. The predicted molar refractivity (Wildman–Crippen MR) is 85.5 cm³/mol. The van der Waals surface area contributed by atoms with Crippen LogP contribution in [-0.4, -0.2) is 41.8 Å². The van der Waals surface area contributed by atoms with Crippen LogP contribution in [0.4, 0.5) is 5.95 Å². The predicted octanol–water partition coefficient (Wildman–Crippen LogP) is 2.14. The highest BCUT2D eigenvalue weighted by atomic mass is 16.5. The van der Waals surface area contributed by atoms with Crippen molar-refractivity contribution in [2.24, 2.45) is 5.92 Å². The first kappa shape index (κ1) is 16.2. The minimum Gasteiger partial charge on any atom is -0.375 e. The Kier molecular flexibility index (Phi) is 5.53. The number of hydrogen-bond acceptors (Lipinski definition) is 5. The summed E-state index contributed by atoms with van der Waals surface area (Å²) in [5.74, 6) is 1.48. The lowest BCUT2D eigenvalue weighted by Gasteiger charge is -2.36. The lowest BCUT2D eigenvalue weighted by Crippen LogP contribution is -2.48. The third kappa shape index (κ3) is 4.38. The number of aromatic nitrogens is 2. The van der Waals surface area contributed by atoms with Crippen LogP contribution in [0.2, 0.25) is 0 Å². The average Bonchev–Trinajstić information content (AvgIpc) is 2.43. The van der Waals surface area contributed by atoms with Crippen LogP contribution >= 0.6 is 0 Å². The Morgan fingerprint density at radius 1 is 1.43 bits per heavy atom. The Hall–Kier alpha value is -1.20. The zero-order valence-electron chi connectivity index (χ0n) is 13.9. The van der Waals surface area contributed by atoms with E-state index >= 15 is 0 Å². The molecule has 21 heavy (non-hydrogen) atoms. The van der Waals surface area contributed by atoms with Gasteiger partial charge in [-0.3, -0.25) is 0 Å². The second-order valence-corrected chi connectivity index (χ2v) is 6.45. The van der Waals surface area contributed by atoms with Crippen LogP contribution in [0.15, 0.2) is 6.20 Å². The fraction of sp³-hybridized carbons (Fsp3) is 0.750. The van der Waals surface area contributed by atoms with Crippen molar-refractivity contribution in [2.45, 2.75) is 53.3 Å². The standard InChI is InChI=1S/C16H28N4O/c1-11(2)6-17-7-15-8-18-16(19-14(15)5)20-9-13(4)21-10-12(20)3/h8,11-13,17H,6-7,9-10H2,1-5H3. The average molecular weight is 292 g/mol. The number of ether oxygens (including phenoxy) is 1. The topological polar surface area (TPSA) is 50.3 Å². The largest absolute Gasteiger partial charge is 0.375 e. The van der Waals surface area contributed by atoms with Crippen LogP contribution in [-0.2, 0) is 11.3 Å². The van der Waals surface area contributed by atoms with Crippen molar-refractivity contribution in [1.82, 2.24) is 15.3 Å². The van der Waals surface area contributed by atoms with Crippen molar-refractivity contribution in [3.8, 4) is 0 Å². The maximum atomic E-state index is 5.66. The van der Waals surface area contributed by atoms with Crippen LogP contribution in [0.25, 0.3) is 0 Å². The summed E-state index contributed by atoms with van der Waals surface area (Å²) in [6, 6.07) is 0.325. The smallest absolute Gasteiger partial charge is 0.225 e. The van der Waals surface area contributed by atoms with E-state index in [1.54, 1.807) is 0 Å². The van der Waals surface area contributed by atoms with Crippen molar-refractivity contribution in [3.05, 3.63) is 17.5 Å². The summed E-state index contributed by atoms with van der Waals surface area (Å²) < 4.78 is 5.66. The van der Waals surface area contributed by atoms with Gasteiger partial charge in [0, 0.05) is 30.5 Å². The Bertz CT molecular complexity index is 464. The quantitative estimate of drug-likeness (QED) is 0.901. The highest BCUT2D eigenvalue weighted by Gasteiger charge is 2.25. The van der Waals surface area contributed by atoms with Gasteiger partial charge in [-0.1, -0.05) is 13.8 Å². The van der Waals surface area contributed by atoms with E-state index in [-0.39, 0.29) is 6.10 Å². The zero-order chi connectivity index (χ0) is 15.4. The van der Waals surface area contributed by atoms with Crippen molar-refractivity contribution >= 4 is 5.95 Å². The Morgan fingerprint density at radius 3 is 2.86 bits per heavy atom. The highest BCUT2D eigenvalue weighted by molar-refractivity contribution is 5.35. The molecule has 5 nitrogen and oxygen atoms in total. The van der Waals surface area contributed by atoms with E-state index in [4.69, 9.17) is 9.72 Å². The van der Waals surface area contributed by atoms with Gasteiger partial charge in [0.2, 0.25) is 5.95 Å². The Morgan fingerprint density at radius 2 is 2.19 bits per heavy atom. The SMILES string of the molecule is Cc1nc(N2CC(C)OCC2C)ncc1CNCC(C)C. The van der Waals surface area contributed by atoms with Crippen LogP contribution in [0.5, 0.6) is 0 Å². The first-order valence-electron chi connectivity index (χ1n) is 7.88. The van der Waals surface area contributed by atoms with Crippen LogP contribution in [0, 0.1) is 12.8 Å². The molecule has 2 unspecified atom stereocenters. The fourth-order valence-corrected chi connectivity index (χ4v) is 2.47. The van der Waals surface area contributed by atoms with Gasteiger partial charge in [-0.15, -0.1) is 0 Å². The van der Waals surface area contributed by atoms with Gasteiger partial charge in [0.1, 0.15) is 0 Å². The zero-order valence-corrected chi connectivity index (χ0v) is 13.9. The second-order valence-electron chi connectivity index (χ2n) is 6.45. The van der Waals surface area contributed by atoms with Crippen molar-refractivity contribution in [2.75, 3.05) is 24.6 Å². The van der Waals surface area contributed by atoms with Crippen LogP contribution in [0.1, 0.15) is 39.0 Å². The number of hydrogen-bond donors (Lipinski definition) is 1. The number of rotatable bonds is 5. The van der Waals surface area contributed by atoms with Gasteiger partial charge in [-0.2, -0.15) is 0 Å². The molecule has 2 atom stereocenters. The molecule has 5 heteroatoms. The summed E-state index contributed by atoms with van der Waals surface area (Å²) in [6.07, 6.45) is 2.19. The van der Waals surface area contributed by atoms with Gasteiger partial charge >= 0.3 is 0 Å². The molecule has 1 fully saturated rings. The molecule has 0 aromatic carbocycles. The monoisotopic (exact) mass is 292 g/mol. The van der Waals surface area contributed by atoms with Crippen molar-refractivity contribution in [1.29, 1.82) is 0 Å². The highest BCUT2D eigenvalue weighted by Crippen LogP contribution is 2.19. The molecule has 2 rings (SSSR count). The summed E-state index contributed by atoms with van der Waals surface area (Å²) in [7, 11) is 0. The van der Waals surface area contributed by atoms with E-state index in [0.717, 1.165) is 37.9 Å². The van der Waals surface area contributed by atoms with E-state index < -0.39 is 0 Å². The van der Waals surface area contributed by atoms with E-state index in [2.05, 4.69) is 49.8 Å². The first-order valence-corrected chi connectivity index (χ1v) is 7.88. The Labute approximate surface area is 128 Å². The van der Waals surface area contributed by atoms with E-state index in [0.29, 0.717) is 12.0 Å². The molecule has 1 aliphatic rings. The number of morpholine rings is 1. The van der Waals surface area contributed by atoms with Gasteiger partial charge in [-0.05, 0) is 33.2 Å². The summed E-state index contributed by atoms with van der Waals surface area (Å²) in [4.78, 5) is 11.5. The van der Waals surface area contributed by atoms with Crippen LogP contribution in [0.3, 0.4) is 0 Å². The molecule has 1 aliphatic heterocycles. The molecule has 1 saturated heterocycles. The molecule has 2 heterocycles. The molecule has 1 aromatic heterocycles. The van der Waals surface area contributed by atoms with Crippen molar-refractivity contribution in [3.63, 3.8) is 0 Å². The number of anilines is 1. The first-order chi connectivity index (χ1) is 9.97. The van der Waals surface area contributed by atoms with Gasteiger partial charge in [-0.25, -0.2) is 9.97 Å². The maximum absolute atomic E-state index is 5.66. The third-order valence-corrected chi connectivity index (χ3v) is 3.80. The summed E-state index contributed by atoms with van der Waals surface area (Å²) >= 11 is 0. The van der Waals surface area contributed by atoms with E-state index in [1.807, 2.05) is 6.20 Å². The molecule has 0 spiro atoms. The minimum absolute atomic E-state index is 0.234. The summed E-state index contributed by atoms with van der Waals surface area (Å²) in [5, 5.41) is 3.44. The molecule has 1 N–H and O–H groups in total. The van der Waals surface area contributed by atoms with E-state index in [9.17, 15) is 0 Å². The molecular formula is C16H28N4O. The molecule has 1 aromatic rings. The maximum Gasteiger partial charge on any atom is 0.225 e. The molecule has 0 saturated carbocycles. The number of nitrogens with zero attached hydrogens (tertiary/aromatic N) is 3. The van der Waals surface area contributed by atoms with Crippen molar-refractivity contribution < 1.29 is 4.74 Å². The lowest BCUT2D eigenvalue weighted by atomic mass is 10.2. The minimum atomic E-state index is 0.234. The van der Waals surface area contributed by atoms with Crippen LogP contribution < -0.4 is 10.2 Å². The fourth-order valence-electron chi connectivity index (χ4n) is 2.47. The molecular weight excluding hydrogens is 264 g/mol. The molecule has 118 valence electrons. The number of aryl methyl sites for hydroxylation is 1.